The van der Waals surface area contributed by atoms with Gasteiger partial charge >= 0.3 is 0 Å². The molecule has 0 saturated heterocycles. The SMILES string of the molecule is COc1coc(C(=O)N[C@@H]2CCCOc3c(F)cccc32)cc1=O. The maximum absolute atomic E-state index is 13.9. The first kappa shape index (κ1) is 16.0. The zero-order valence-electron chi connectivity index (χ0n) is 13.0. The second kappa shape index (κ2) is 6.74. The molecule has 0 fully saturated rings. The predicted octanol–water partition coefficient (Wildman–Crippen LogP) is 2.43. The summed E-state index contributed by atoms with van der Waals surface area (Å²) in [7, 11) is 1.34. The van der Waals surface area contributed by atoms with Gasteiger partial charge in [0.1, 0.15) is 6.26 Å². The topological polar surface area (TPSA) is 77.8 Å². The Kier molecular flexibility index (Phi) is 4.50. The highest BCUT2D eigenvalue weighted by Gasteiger charge is 2.25. The van der Waals surface area contributed by atoms with E-state index in [1.807, 2.05) is 0 Å². The van der Waals surface area contributed by atoms with Crippen LogP contribution in [0.1, 0.15) is 35.0 Å². The molecule has 7 heteroatoms. The van der Waals surface area contributed by atoms with Crippen molar-refractivity contribution in [1.82, 2.24) is 5.32 Å². The van der Waals surface area contributed by atoms with Crippen LogP contribution in [-0.4, -0.2) is 19.6 Å². The van der Waals surface area contributed by atoms with Crippen molar-refractivity contribution in [3.8, 4) is 11.5 Å². The number of fused-ring (bicyclic) bond motifs is 1. The summed E-state index contributed by atoms with van der Waals surface area (Å²) < 4.78 is 29.3. The minimum absolute atomic E-state index is 0.0156. The molecule has 0 spiro atoms. The average molecular weight is 333 g/mol. The number of hydrogen-bond acceptors (Lipinski definition) is 5. The Morgan fingerprint density at radius 3 is 3.00 bits per heavy atom. The molecular weight excluding hydrogens is 317 g/mol. The third-order valence-corrected chi connectivity index (χ3v) is 3.80. The number of benzene rings is 1. The van der Waals surface area contributed by atoms with Gasteiger partial charge < -0.3 is 19.2 Å². The van der Waals surface area contributed by atoms with E-state index in [1.165, 1.54) is 13.2 Å². The van der Waals surface area contributed by atoms with Crippen LogP contribution < -0.4 is 20.2 Å². The minimum atomic E-state index is -0.558. The van der Waals surface area contributed by atoms with E-state index in [9.17, 15) is 14.0 Å². The molecule has 1 N–H and O–H groups in total. The van der Waals surface area contributed by atoms with E-state index in [1.54, 1.807) is 12.1 Å². The number of amides is 1. The van der Waals surface area contributed by atoms with Crippen molar-refractivity contribution < 1.29 is 23.1 Å². The van der Waals surface area contributed by atoms with Gasteiger partial charge in [0.05, 0.1) is 19.8 Å². The van der Waals surface area contributed by atoms with Crippen molar-refractivity contribution in [1.29, 1.82) is 0 Å². The molecule has 0 aliphatic carbocycles. The summed E-state index contributed by atoms with van der Waals surface area (Å²) in [6, 6.07) is 5.21. The van der Waals surface area contributed by atoms with E-state index in [0.29, 0.717) is 25.0 Å². The van der Waals surface area contributed by atoms with Crippen molar-refractivity contribution in [2.24, 2.45) is 0 Å². The lowest BCUT2D eigenvalue weighted by molar-refractivity contribution is 0.0903. The number of carbonyl (C=O) groups is 1. The summed E-state index contributed by atoms with van der Waals surface area (Å²) in [6.07, 6.45) is 2.33. The Morgan fingerprint density at radius 1 is 1.42 bits per heavy atom. The molecular formula is C17H16FNO5. The second-order valence-corrected chi connectivity index (χ2v) is 5.35. The number of carbonyl (C=O) groups excluding carboxylic acids is 1. The molecule has 1 amide bonds. The quantitative estimate of drug-likeness (QED) is 0.933. The normalized spacial score (nSPS) is 16.5. The molecule has 1 aromatic carbocycles. The zero-order valence-corrected chi connectivity index (χ0v) is 13.0. The molecule has 0 bridgehead atoms. The Hall–Kier alpha value is -2.83. The van der Waals surface area contributed by atoms with Gasteiger partial charge in [0.2, 0.25) is 11.2 Å². The van der Waals surface area contributed by atoms with Crippen molar-refractivity contribution in [2.75, 3.05) is 13.7 Å². The molecule has 1 aliphatic heterocycles. The first-order valence-corrected chi connectivity index (χ1v) is 7.49. The minimum Gasteiger partial charge on any atom is -0.490 e. The third-order valence-electron chi connectivity index (χ3n) is 3.80. The molecule has 1 aliphatic rings. The number of hydrogen-bond donors (Lipinski definition) is 1. The first-order valence-electron chi connectivity index (χ1n) is 7.49. The fourth-order valence-corrected chi connectivity index (χ4v) is 2.62. The molecule has 24 heavy (non-hydrogen) atoms. The molecule has 1 atom stereocenters. The summed E-state index contributed by atoms with van der Waals surface area (Å²) in [4.78, 5) is 24.1. The standard InChI is InChI=1S/C17H16FNO5/c1-22-15-9-24-14(8-13(15)20)17(21)19-12-6-3-7-23-16-10(12)4-2-5-11(16)18/h2,4-5,8-9,12H,3,6-7H2,1H3,(H,19,21)/t12-/m1/s1. The van der Waals surface area contributed by atoms with E-state index >= 15 is 0 Å². The van der Waals surface area contributed by atoms with Gasteiger partial charge in [-0.3, -0.25) is 9.59 Å². The van der Waals surface area contributed by atoms with Crippen LogP contribution in [0.4, 0.5) is 4.39 Å². The summed E-state index contributed by atoms with van der Waals surface area (Å²) in [5.41, 5.74) is 0.112. The number of nitrogens with one attached hydrogen (secondary N) is 1. The van der Waals surface area contributed by atoms with E-state index in [-0.39, 0.29) is 17.3 Å². The van der Waals surface area contributed by atoms with Crippen LogP contribution in [0.25, 0.3) is 0 Å². The lowest BCUT2D eigenvalue weighted by Gasteiger charge is -2.18. The van der Waals surface area contributed by atoms with Gasteiger partial charge in [0.15, 0.2) is 17.3 Å². The monoisotopic (exact) mass is 333 g/mol. The van der Waals surface area contributed by atoms with Crippen LogP contribution in [0, 0.1) is 5.82 Å². The number of para-hydroxylation sites is 1. The van der Waals surface area contributed by atoms with Gasteiger partial charge in [-0.05, 0) is 18.9 Å². The van der Waals surface area contributed by atoms with Gasteiger partial charge in [-0.25, -0.2) is 4.39 Å². The lowest BCUT2D eigenvalue weighted by Crippen LogP contribution is -2.29. The van der Waals surface area contributed by atoms with Crippen molar-refractivity contribution in [2.45, 2.75) is 18.9 Å². The van der Waals surface area contributed by atoms with E-state index in [0.717, 1.165) is 12.3 Å². The number of halogens is 1. The third kappa shape index (κ3) is 3.10. The van der Waals surface area contributed by atoms with Crippen molar-refractivity contribution in [3.63, 3.8) is 0 Å². The largest absolute Gasteiger partial charge is 0.490 e. The van der Waals surface area contributed by atoms with Crippen LogP contribution >= 0.6 is 0 Å². The summed E-state index contributed by atoms with van der Waals surface area (Å²) in [5, 5.41) is 2.76. The molecule has 0 saturated carbocycles. The van der Waals surface area contributed by atoms with Gasteiger partial charge in [-0.15, -0.1) is 0 Å². The van der Waals surface area contributed by atoms with Crippen LogP contribution in [0.2, 0.25) is 0 Å². The van der Waals surface area contributed by atoms with Crippen molar-refractivity contribution in [3.05, 3.63) is 57.9 Å². The number of methoxy groups -OCH3 is 1. The maximum Gasteiger partial charge on any atom is 0.287 e. The number of rotatable bonds is 3. The van der Waals surface area contributed by atoms with Crippen LogP contribution in [0.15, 0.2) is 39.7 Å². The highest BCUT2D eigenvalue weighted by molar-refractivity contribution is 5.91. The second-order valence-electron chi connectivity index (χ2n) is 5.35. The van der Waals surface area contributed by atoms with Gasteiger partial charge in [0, 0.05) is 11.6 Å². The lowest BCUT2D eigenvalue weighted by atomic mass is 10.0. The van der Waals surface area contributed by atoms with E-state index in [2.05, 4.69) is 5.32 Å². The smallest absolute Gasteiger partial charge is 0.287 e. The van der Waals surface area contributed by atoms with E-state index in [4.69, 9.17) is 13.9 Å². The Bertz CT molecular complexity index is 817. The molecule has 1 aromatic heterocycles. The molecule has 126 valence electrons. The highest BCUT2D eigenvalue weighted by atomic mass is 19.1. The van der Waals surface area contributed by atoms with Gasteiger partial charge in [-0.1, -0.05) is 12.1 Å². The van der Waals surface area contributed by atoms with Crippen LogP contribution in [0.5, 0.6) is 11.5 Å². The Labute approximate surface area is 137 Å². The fourth-order valence-electron chi connectivity index (χ4n) is 2.62. The Morgan fingerprint density at radius 2 is 2.25 bits per heavy atom. The molecule has 2 heterocycles. The Balaban J connectivity index is 1.86. The molecule has 0 radical (unpaired) electrons. The van der Waals surface area contributed by atoms with Gasteiger partial charge in [-0.2, -0.15) is 0 Å². The molecule has 0 unspecified atom stereocenters. The summed E-state index contributed by atoms with van der Waals surface area (Å²) in [6.45, 7) is 0.373. The zero-order chi connectivity index (χ0) is 17.1. The molecule has 6 nitrogen and oxygen atoms in total. The van der Waals surface area contributed by atoms with Crippen LogP contribution in [-0.2, 0) is 0 Å². The first-order chi connectivity index (χ1) is 11.6. The highest BCUT2D eigenvalue weighted by Crippen LogP contribution is 2.33. The van der Waals surface area contributed by atoms with Crippen LogP contribution in [0.3, 0.4) is 0 Å². The average Bonchev–Trinajstić information content (AvgIpc) is 2.78. The fraction of sp³-hybridized carbons (Fsp3) is 0.294. The summed E-state index contributed by atoms with van der Waals surface area (Å²) in [5.74, 6) is -0.997. The molecule has 3 rings (SSSR count). The maximum atomic E-state index is 13.9. The van der Waals surface area contributed by atoms with Gasteiger partial charge in [0.25, 0.3) is 5.91 Å². The molecule has 2 aromatic rings. The van der Waals surface area contributed by atoms with E-state index < -0.39 is 23.2 Å². The summed E-state index contributed by atoms with van der Waals surface area (Å²) >= 11 is 0. The van der Waals surface area contributed by atoms with Crippen molar-refractivity contribution >= 4 is 5.91 Å². The predicted molar refractivity (Wildman–Crippen MR) is 82.9 cm³/mol. The number of ether oxygens (including phenoxy) is 2.